The molecule has 106 valence electrons. The molecule has 4 bridgehead atoms. The van der Waals surface area contributed by atoms with Gasteiger partial charge in [0.1, 0.15) is 0 Å². The van der Waals surface area contributed by atoms with Crippen molar-refractivity contribution in [1.29, 1.82) is 0 Å². The summed E-state index contributed by atoms with van der Waals surface area (Å²) in [6.07, 6.45) is 8.20. The van der Waals surface area contributed by atoms with Gasteiger partial charge in [-0.15, -0.1) is 0 Å². The predicted molar refractivity (Wildman–Crippen MR) is 75.4 cm³/mol. The second-order valence-corrected chi connectivity index (χ2v) is 7.81. The van der Waals surface area contributed by atoms with Crippen molar-refractivity contribution in [2.24, 2.45) is 41.4 Å². The van der Waals surface area contributed by atoms with Crippen molar-refractivity contribution in [3.05, 3.63) is 0 Å². The zero-order valence-corrected chi connectivity index (χ0v) is 12.3. The van der Waals surface area contributed by atoms with E-state index in [2.05, 4.69) is 19.2 Å². The Hall–Kier alpha value is -0.530. The zero-order chi connectivity index (χ0) is 13.1. The van der Waals surface area contributed by atoms with Crippen LogP contribution in [0, 0.1) is 41.4 Å². The van der Waals surface area contributed by atoms with Crippen LogP contribution in [-0.4, -0.2) is 11.9 Å². The summed E-state index contributed by atoms with van der Waals surface area (Å²) >= 11 is 0. The fourth-order valence-corrected chi connectivity index (χ4v) is 6.24. The molecule has 4 aliphatic carbocycles. The molecule has 1 amide bonds. The average molecular weight is 261 g/mol. The Morgan fingerprint density at radius 3 is 2.58 bits per heavy atom. The van der Waals surface area contributed by atoms with E-state index in [0.29, 0.717) is 11.9 Å². The number of carbonyl (C=O) groups excluding carboxylic acids is 1. The second-order valence-electron chi connectivity index (χ2n) is 7.81. The zero-order valence-electron chi connectivity index (χ0n) is 12.3. The monoisotopic (exact) mass is 261 g/mol. The number of amides is 1. The van der Waals surface area contributed by atoms with Gasteiger partial charge >= 0.3 is 0 Å². The molecule has 4 rings (SSSR count). The van der Waals surface area contributed by atoms with Crippen LogP contribution < -0.4 is 5.32 Å². The number of carbonyl (C=O) groups is 1. The maximum atomic E-state index is 12.1. The molecule has 0 aromatic rings. The average Bonchev–Trinajstić information content (AvgIpc) is 3.14. The first-order valence-electron chi connectivity index (χ1n) is 8.49. The van der Waals surface area contributed by atoms with E-state index in [1.807, 2.05) is 0 Å². The van der Waals surface area contributed by atoms with Crippen molar-refractivity contribution >= 4 is 5.91 Å². The van der Waals surface area contributed by atoms with Gasteiger partial charge in [0.05, 0.1) is 0 Å². The van der Waals surface area contributed by atoms with Gasteiger partial charge in [-0.05, 0) is 74.0 Å². The quantitative estimate of drug-likeness (QED) is 0.777. The summed E-state index contributed by atoms with van der Waals surface area (Å²) in [5, 5.41) is 3.39. The van der Waals surface area contributed by atoms with E-state index in [4.69, 9.17) is 0 Å². The van der Waals surface area contributed by atoms with Crippen molar-refractivity contribution in [2.75, 3.05) is 0 Å². The van der Waals surface area contributed by atoms with Gasteiger partial charge in [0.25, 0.3) is 0 Å². The highest BCUT2D eigenvalue weighted by Crippen LogP contribution is 2.67. The van der Waals surface area contributed by atoms with Gasteiger partial charge in [-0.25, -0.2) is 0 Å². The van der Waals surface area contributed by atoms with Gasteiger partial charge in [-0.3, -0.25) is 4.79 Å². The maximum absolute atomic E-state index is 12.1. The Balaban J connectivity index is 1.46. The van der Waals surface area contributed by atoms with Crippen molar-refractivity contribution in [2.45, 2.75) is 58.4 Å². The Bertz CT molecular complexity index is 393. The second kappa shape index (κ2) is 4.23. The summed E-state index contributed by atoms with van der Waals surface area (Å²) in [7, 11) is 0. The van der Waals surface area contributed by atoms with E-state index in [1.165, 1.54) is 32.1 Å². The number of nitrogens with one attached hydrogen (secondary N) is 1. The van der Waals surface area contributed by atoms with Crippen LogP contribution in [-0.2, 0) is 4.79 Å². The van der Waals surface area contributed by atoms with E-state index in [1.54, 1.807) is 0 Å². The Morgan fingerprint density at radius 2 is 1.84 bits per heavy atom. The summed E-state index contributed by atoms with van der Waals surface area (Å²) in [4.78, 5) is 12.1. The van der Waals surface area contributed by atoms with Crippen molar-refractivity contribution < 1.29 is 4.79 Å². The smallest absolute Gasteiger partial charge is 0.223 e. The molecule has 19 heavy (non-hydrogen) atoms. The Labute approximate surface area is 116 Å². The molecular formula is C17H27NO. The highest BCUT2D eigenvalue weighted by Gasteiger charge is 2.62. The standard InChI is InChI=1S/C17H27NO/c1-3-9(2)17(19)18-14-8-12-7-13(14)16-11-5-4-10(6-11)15(12)16/h9-16H,3-8H2,1-2H3,(H,18,19). The van der Waals surface area contributed by atoms with Gasteiger partial charge < -0.3 is 5.32 Å². The largest absolute Gasteiger partial charge is 0.353 e. The molecular weight excluding hydrogens is 234 g/mol. The van der Waals surface area contributed by atoms with Crippen molar-refractivity contribution in [1.82, 2.24) is 5.32 Å². The molecule has 8 unspecified atom stereocenters. The third kappa shape index (κ3) is 1.64. The van der Waals surface area contributed by atoms with E-state index >= 15 is 0 Å². The van der Waals surface area contributed by atoms with Crippen LogP contribution in [0.25, 0.3) is 0 Å². The number of rotatable bonds is 3. The third-order valence-corrected chi connectivity index (χ3v) is 7.12. The minimum Gasteiger partial charge on any atom is -0.353 e. The molecule has 0 spiro atoms. The Morgan fingerprint density at radius 1 is 1.11 bits per heavy atom. The fraction of sp³-hybridized carbons (Fsp3) is 0.941. The Kier molecular flexibility index (Phi) is 2.72. The van der Waals surface area contributed by atoms with Crippen molar-refractivity contribution in [3.8, 4) is 0 Å². The van der Waals surface area contributed by atoms with Crippen LogP contribution in [0.1, 0.15) is 52.4 Å². The molecule has 4 fully saturated rings. The molecule has 4 aliphatic rings. The maximum Gasteiger partial charge on any atom is 0.223 e. The lowest BCUT2D eigenvalue weighted by Gasteiger charge is -2.39. The summed E-state index contributed by atoms with van der Waals surface area (Å²) in [5.74, 6) is 6.41. The highest BCUT2D eigenvalue weighted by molar-refractivity contribution is 5.78. The lowest BCUT2D eigenvalue weighted by Crippen LogP contribution is -2.46. The molecule has 1 N–H and O–H groups in total. The number of hydrogen-bond acceptors (Lipinski definition) is 1. The molecule has 0 heterocycles. The van der Waals surface area contributed by atoms with E-state index in [-0.39, 0.29) is 5.92 Å². The first-order chi connectivity index (χ1) is 9.19. The molecule has 0 aromatic carbocycles. The SMILES string of the molecule is CCC(C)C(=O)NC1CC2CC1C1C3CCC(C3)C21. The van der Waals surface area contributed by atoms with Gasteiger partial charge in [0.2, 0.25) is 5.91 Å². The molecule has 0 saturated heterocycles. The summed E-state index contributed by atoms with van der Waals surface area (Å²) < 4.78 is 0. The summed E-state index contributed by atoms with van der Waals surface area (Å²) in [6.45, 7) is 4.17. The van der Waals surface area contributed by atoms with Gasteiger partial charge in [0.15, 0.2) is 0 Å². The fourth-order valence-electron chi connectivity index (χ4n) is 6.24. The predicted octanol–water partition coefficient (Wildman–Crippen LogP) is 3.22. The number of fused-ring (bicyclic) bond motifs is 9. The van der Waals surface area contributed by atoms with Crippen LogP contribution in [0.5, 0.6) is 0 Å². The summed E-state index contributed by atoms with van der Waals surface area (Å²) in [6, 6.07) is 0.520. The van der Waals surface area contributed by atoms with Crippen LogP contribution >= 0.6 is 0 Å². The normalized spacial score (nSPS) is 51.4. The van der Waals surface area contributed by atoms with Gasteiger partial charge in [0, 0.05) is 12.0 Å². The van der Waals surface area contributed by atoms with E-state index in [9.17, 15) is 4.79 Å². The molecule has 2 nitrogen and oxygen atoms in total. The molecule has 0 aliphatic heterocycles. The van der Waals surface area contributed by atoms with Crippen LogP contribution in [0.4, 0.5) is 0 Å². The topological polar surface area (TPSA) is 29.1 Å². The molecule has 2 heteroatoms. The van der Waals surface area contributed by atoms with E-state index in [0.717, 1.165) is 41.9 Å². The molecule has 4 saturated carbocycles. The molecule has 0 aromatic heterocycles. The first-order valence-corrected chi connectivity index (χ1v) is 8.49. The van der Waals surface area contributed by atoms with Crippen LogP contribution in [0.3, 0.4) is 0 Å². The van der Waals surface area contributed by atoms with Gasteiger partial charge in [-0.2, -0.15) is 0 Å². The van der Waals surface area contributed by atoms with Crippen molar-refractivity contribution in [3.63, 3.8) is 0 Å². The molecule has 0 radical (unpaired) electrons. The lowest BCUT2D eigenvalue weighted by molar-refractivity contribution is -0.126. The summed E-state index contributed by atoms with van der Waals surface area (Å²) in [5.41, 5.74) is 0. The van der Waals surface area contributed by atoms with Gasteiger partial charge in [-0.1, -0.05) is 13.8 Å². The minimum atomic E-state index is 0.190. The molecule has 8 atom stereocenters. The first kappa shape index (κ1) is 12.2. The van der Waals surface area contributed by atoms with E-state index < -0.39 is 0 Å². The van der Waals surface area contributed by atoms with Crippen LogP contribution in [0.15, 0.2) is 0 Å². The van der Waals surface area contributed by atoms with Crippen LogP contribution in [0.2, 0.25) is 0 Å². The third-order valence-electron chi connectivity index (χ3n) is 7.12. The lowest BCUT2D eigenvalue weighted by atomic mass is 9.69. The number of hydrogen-bond donors (Lipinski definition) is 1. The highest BCUT2D eigenvalue weighted by atomic mass is 16.1. The minimum absolute atomic E-state index is 0.190.